The van der Waals surface area contributed by atoms with Crippen molar-refractivity contribution in [2.24, 2.45) is 0 Å². The maximum absolute atomic E-state index is 12.6. The highest BCUT2D eigenvalue weighted by molar-refractivity contribution is 6.06. The zero-order valence-electron chi connectivity index (χ0n) is 13.6. The average molecular weight is 370 g/mol. The zero-order chi connectivity index (χ0) is 18.1. The standard InChI is InChI=1S/C15H14N8O3.CH4/c1-7(9-4-8(23-26-9)13-16-2-3-17-13)21-15(25)12-11-14(20-6-19-12)22-10(24)5-18-11;/h2-4,6-7,18H,5H2,1H3,(H,16,17)(H,21,25)(H,19,20,22,24);1H4/t7-;/m1./s1. The number of carbonyl (C=O) groups excluding carboxylic acids is 2. The van der Waals surface area contributed by atoms with E-state index in [0.29, 0.717) is 23.0 Å². The van der Waals surface area contributed by atoms with Gasteiger partial charge in [-0.3, -0.25) is 9.59 Å². The molecule has 11 heteroatoms. The molecule has 0 aromatic carbocycles. The molecule has 140 valence electrons. The molecule has 4 rings (SSSR count). The van der Waals surface area contributed by atoms with Crippen LogP contribution >= 0.6 is 0 Å². The van der Waals surface area contributed by atoms with E-state index < -0.39 is 11.9 Å². The van der Waals surface area contributed by atoms with Crippen LogP contribution in [0.25, 0.3) is 11.5 Å². The molecule has 0 aliphatic carbocycles. The summed E-state index contributed by atoms with van der Waals surface area (Å²) in [6, 6.07) is 1.24. The Balaban J connectivity index is 0.00000210. The van der Waals surface area contributed by atoms with Gasteiger partial charge in [0.15, 0.2) is 23.1 Å². The molecule has 0 saturated heterocycles. The van der Waals surface area contributed by atoms with Gasteiger partial charge in [0.05, 0.1) is 12.6 Å². The van der Waals surface area contributed by atoms with E-state index in [1.807, 2.05) is 0 Å². The Morgan fingerprint density at radius 1 is 1.33 bits per heavy atom. The summed E-state index contributed by atoms with van der Waals surface area (Å²) in [5, 5.41) is 12.2. The first kappa shape index (κ1) is 18.0. The maximum atomic E-state index is 12.6. The van der Waals surface area contributed by atoms with Crippen LogP contribution in [0.1, 0.15) is 36.6 Å². The second-order valence-electron chi connectivity index (χ2n) is 5.60. The van der Waals surface area contributed by atoms with E-state index in [1.54, 1.807) is 25.4 Å². The number of rotatable bonds is 4. The van der Waals surface area contributed by atoms with Crippen LogP contribution in [0, 0.1) is 0 Å². The number of fused-ring (bicyclic) bond motifs is 1. The lowest BCUT2D eigenvalue weighted by Crippen LogP contribution is -2.33. The van der Waals surface area contributed by atoms with Crippen LogP contribution in [0.15, 0.2) is 29.3 Å². The Hall–Kier alpha value is -3.76. The molecule has 0 fully saturated rings. The van der Waals surface area contributed by atoms with E-state index in [2.05, 4.69) is 41.0 Å². The van der Waals surface area contributed by atoms with Crippen LogP contribution < -0.4 is 16.0 Å². The van der Waals surface area contributed by atoms with Gasteiger partial charge in [0.1, 0.15) is 17.7 Å². The monoisotopic (exact) mass is 370 g/mol. The lowest BCUT2D eigenvalue weighted by atomic mass is 10.2. The van der Waals surface area contributed by atoms with Gasteiger partial charge in [-0.15, -0.1) is 0 Å². The van der Waals surface area contributed by atoms with E-state index in [1.165, 1.54) is 6.33 Å². The second kappa shape index (κ2) is 7.23. The molecule has 4 heterocycles. The van der Waals surface area contributed by atoms with Gasteiger partial charge < -0.3 is 25.5 Å². The highest BCUT2D eigenvalue weighted by Crippen LogP contribution is 2.25. The average Bonchev–Trinajstić information content (AvgIpc) is 3.32. The van der Waals surface area contributed by atoms with Gasteiger partial charge in [0.2, 0.25) is 5.91 Å². The third kappa shape index (κ3) is 3.47. The van der Waals surface area contributed by atoms with Crippen LogP contribution in [0.2, 0.25) is 0 Å². The van der Waals surface area contributed by atoms with Gasteiger partial charge in [-0.05, 0) is 6.92 Å². The normalized spacial score (nSPS) is 13.6. The van der Waals surface area contributed by atoms with Gasteiger partial charge in [0, 0.05) is 18.5 Å². The minimum absolute atomic E-state index is 0. The highest BCUT2D eigenvalue weighted by atomic mass is 16.5. The first-order valence-corrected chi connectivity index (χ1v) is 7.78. The fourth-order valence-corrected chi connectivity index (χ4v) is 2.51. The molecule has 0 spiro atoms. The van der Waals surface area contributed by atoms with Crippen LogP contribution in [0.4, 0.5) is 11.5 Å². The molecule has 0 radical (unpaired) electrons. The first-order valence-electron chi connectivity index (χ1n) is 7.78. The minimum atomic E-state index is -0.456. The summed E-state index contributed by atoms with van der Waals surface area (Å²) in [6.45, 7) is 1.80. The number of anilines is 2. The van der Waals surface area contributed by atoms with Crippen molar-refractivity contribution in [2.45, 2.75) is 20.4 Å². The summed E-state index contributed by atoms with van der Waals surface area (Å²) in [4.78, 5) is 39.0. The SMILES string of the molecule is C.C[C@@H](NC(=O)c1ncnc2c1NCC(=O)N2)c1cc(-c2ncc[nH]2)no1. The summed E-state index contributed by atoms with van der Waals surface area (Å²) in [5.74, 6) is 0.643. The quantitative estimate of drug-likeness (QED) is 0.537. The lowest BCUT2D eigenvalue weighted by Gasteiger charge is -2.19. The number of hydrogen-bond donors (Lipinski definition) is 4. The van der Waals surface area contributed by atoms with Crippen LogP contribution in [-0.2, 0) is 4.79 Å². The van der Waals surface area contributed by atoms with E-state index in [9.17, 15) is 9.59 Å². The van der Waals surface area contributed by atoms with Crippen LogP contribution in [-0.4, -0.2) is 43.5 Å². The molecule has 0 saturated carbocycles. The number of hydrogen-bond acceptors (Lipinski definition) is 8. The zero-order valence-corrected chi connectivity index (χ0v) is 13.6. The molecule has 1 atom stereocenters. The number of aromatic nitrogens is 5. The summed E-state index contributed by atoms with van der Waals surface area (Å²) in [6.07, 6.45) is 4.51. The summed E-state index contributed by atoms with van der Waals surface area (Å²) in [7, 11) is 0. The molecule has 27 heavy (non-hydrogen) atoms. The van der Waals surface area contributed by atoms with Crippen molar-refractivity contribution in [3.63, 3.8) is 0 Å². The Kier molecular flexibility index (Phi) is 4.83. The number of imidazole rings is 1. The van der Waals surface area contributed by atoms with Crippen molar-refractivity contribution < 1.29 is 14.1 Å². The Bertz CT molecular complexity index is 966. The molecule has 1 aliphatic rings. The number of nitrogens with one attached hydrogen (secondary N) is 4. The molecule has 3 aromatic heterocycles. The predicted molar refractivity (Wildman–Crippen MR) is 95.8 cm³/mol. The molecular formula is C16H18N8O3. The second-order valence-corrected chi connectivity index (χ2v) is 5.60. The van der Waals surface area contributed by atoms with Crippen molar-refractivity contribution in [2.75, 3.05) is 17.2 Å². The fraction of sp³-hybridized carbons (Fsp3) is 0.250. The molecule has 3 aromatic rings. The fourth-order valence-electron chi connectivity index (χ4n) is 2.51. The van der Waals surface area contributed by atoms with Crippen molar-refractivity contribution in [1.82, 2.24) is 30.4 Å². The van der Waals surface area contributed by atoms with E-state index in [-0.39, 0.29) is 31.4 Å². The predicted octanol–water partition coefficient (Wildman–Crippen LogP) is 1.35. The molecule has 0 unspecified atom stereocenters. The molecule has 11 nitrogen and oxygen atoms in total. The molecule has 0 bridgehead atoms. The van der Waals surface area contributed by atoms with E-state index in [4.69, 9.17) is 4.52 Å². The largest absolute Gasteiger partial charge is 0.371 e. The van der Waals surface area contributed by atoms with Crippen molar-refractivity contribution in [3.05, 3.63) is 36.2 Å². The first-order chi connectivity index (χ1) is 12.6. The molecule has 4 N–H and O–H groups in total. The number of carbonyl (C=O) groups is 2. The van der Waals surface area contributed by atoms with E-state index in [0.717, 1.165) is 0 Å². The molecule has 1 aliphatic heterocycles. The van der Waals surface area contributed by atoms with Crippen molar-refractivity contribution in [1.29, 1.82) is 0 Å². The Morgan fingerprint density at radius 2 is 2.19 bits per heavy atom. The number of aromatic amines is 1. The summed E-state index contributed by atoms with van der Waals surface area (Å²) >= 11 is 0. The molecular weight excluding hydrogens is 352 g/mol. The third-order valence-corrected chi connectivity index (χ3v) is 3.79. The topological polar surface area (TPSA) is 151 Å². The van der Waals surface area contributed by atoms with Gasteiger partial charge in [-0.25, -0.2) is 15.0 Å². The smallest absolute Gasteiger partial charge is 0.272 e. The van der Waals surface area contributed by atoms with Crippen molar-refractivity contribution in [3.8, 4) is 11.5 Å². The van der Waals surface area contributed by atoms with Gasteiger partial charge in [-0.1, -0.05) is 12.6 Å². The lowest BCUT2D eigenvalue weighted by molar-refractivity contribution is -0.114. The minimum Gasteiger partial charge on any atom is -0.371 e. The van der Waals surface area contributed by atoms with Crippen LogP contribution in [0.3, 0.4) is 0 Å². The number of amides is 2. The number of H-pyrrole nitrogens is 1. The van der Waals surface area contributed by atoms with Gasteiger partial charge in [-0.2, -0.15) is 0 Å². The Labute approximate surface area is 154 Å². The van der Waals surface area contributed by atoms with Crippen LogP contribution in [0.5, 0.6) is 0 Å². The van der Waals surface area contributed by atoms with Crippen molar-refractivity contribution >= 4 is 23.3 Å². The third-order valence-electron chi connectivity index (χ3n) is 3.79. The maximum Gasteiger partial charge on any atom is 0.272 e. The van der Waals surface area contributed by atoms with E-state index >= 15 is 0 Å². The summed E-state index contributed by atoms with van der Waals surface area (Å²) < 4.78 is 5.28. The van der Waals surface area contributed by atoms with Gasteiger partial charge in [0.25, 0.3) is 5.91 Å². The van der Waals surface area contributed by atoms with Gasteiger partial charge >= 0.3 is 0 Å². The Morgan fingerprint density at radius 3 is 2.96 bits per heavy atom. The molecule has 2 amide bonds. The number of nitrogens with zero attached hydrogens (tertiary/aromatic N) is 4. The summed E-state index contributed by atoms with van der Waals surface area (Å²) in [5.41, 5.74) is 1.05. The highest BCUT2D eigenvalue weighted by Gasteiger charge is 2.25.